The number of hydrogen-bond acceptors (Lipinski definition) is 4. The zero-order valence-corrected chi connectivity index (χ0v) is 14.0. The van der Waals surface area contributed by atoms with E-state index in [1.165, 1.54) is 23.1 Å². The molecular weight excluding hydrogens is 328 g/mol. The molecule has 0 saturated carbocycles. The lowest BCUT2D eigenvalue weighted by atomic mass is 10.2. The van der Waals surface area contributed by atoms with E-state index in [9.17, 15) is 13.9 Å². The van der Waals surface area contributed by atoms with Crippen LogP contribution < -0.4 is 5.32 Å². The largest absolute Gasteiger partial charge is 0.467 e. The second-order valence-electron chi connectivity index (χ2n) is 5.82. The summed E-state index contributed by atoms with van der Waals surface area (Å²) in [7, 11) is 0. The van der Waals surface area contributed by atoms with Crippen LogP contribution in [0, 0.1) is 25.5 Å². The van der Waals surface area contributed by atoms with Gasteiger partial charge in [-0.1, -0.05) is 0 Å². The lowest BCUT2D eigenvalue weighted by molar-refractivity contribution is 0.147. The van der Waals surface area contributed by atoms with Crippen molar-refractivity contribution in [1.82, 2.24) is 15.1 Å². The number of aryl methyl sites for hydroxylation is 1. The van der Waals surface area contributed by atoms with E-state index in [1.807, 2.05) is 13.8 Å². The van der Waals surface area contributed by atoms with E-state index in [2.05, 4.69) is 10.4 Å². The van der Waals surface area contributed by atoms with Crippen LogP contribution in [0.3, 0.4) is 0 Å². The number of nitrogens with one attached hydrogen (secondary N) is 1. The molecule has 1 atom stereocenters. The topological polar surface area (TPSA) is 63.2 Å². The molecule has 0 spiro atoms. The van der Waals surface area contributed by atoms with Crippen LogP contribution >= 0.6 is 0 Å². The van der Waals surface area contributed by atoms with Gasteiger partial charge in [0.1, 0.15) is 23.4 Å². The minimum absolute atomic E-state index is 0.198. The van der Waals surface area contributed by atoms with Crippen LogP contribution in [0.15, 0.2) is 41.0 Å². The highest BCUT2D eigenvalue weighted by Gasteiger charge is 2.16. The first-order valence-corrected chi connectivity index (χ1v) is 7.90. The lowest BCUT2D eigenvalue weighted by Gasteiger charge is -2.10. The first kappa shape index (κ1) is 17.3. The summed E-state index contributed by atoms with van der Waals surface area (Å²) in [6, 6.07) is 6.82. The maximum Gasteiger partial charge on any atom is 0.151 e. The predicted molar refractivity (Wildman–Crippen MR) is 88.3 cm³/mol. The molecule has 1 unspecified atom stereocenters. The molecule has 0 bridgehead atoms. The number of benzene rings is 1. The maximum atomic E-state index is 14.0. The van der Waals surface area contributed by atoms with Crippen LogP contribution in [-0.2, 0) is 6.54 Å². The van der Waals surface area contributed by atoms with Gasteiger partial charge in [0.25, 0.3) is 0 Å². The minimum Gasteiger partial charge on any atom is -0.467 e. The van der Waals surface area contributed by atoms with Gasteiger partial charge in [-0.25, -0.2) is 13.5 Å². The van der Waals surface area contributed by atoms with Gasteiger partial charge in [-0.15, -0.1) is 0 Å². The fraction of sp³-hybridized carbons (Fsp3) is 0.278. The highest BCUT2D eigenvalue weighted by atomic mass is 19.1. The molecule has 3 aromatic rings. The van der Waals surface area contributed by atoms with Gasteiger partial charge in [0, 0.05) is 30.4 Å². The Kier molecular flexibility index (Phi) is 4.96. The molecule has 7 heteroatoms. The molecule has 0 amide bonds. The van der Waals surface area contributed by atoms with Crippen molar-refractivity contribution in [3.8, 4) is 5.69 Å². The highest BCUT2D eigenvalue weighted by molar-refractivity contribution is 5.38. The van der Waals surface area contributed by atoms with Gasteiger partial charge < -0.3 is 14.8 Å². The zero-order valence-electron chi connectivity index (χ0n) is 14.0. The average Bonchev–Trinajstić information content (AvgIpc) is 3.18. The van der Waals surface area contributed by atoms with Gasteiger partial charge in [-0.2, -0.15) is 5.10 Å². The molecule has 2 heterocycles. The molecule has 132 valence electrons. The third kappa shape index (κ3) is 3.62. The molecule has 1 aromatic carbocycles. The molecule has 25 heavy (non-hydrogen) atoms. The molecule has 0 aliphatic heterocycles. The van der Waals surface area contributed by atoms with Crippen LogP contribution in [0.2, 0.25) is 0 Å². The molecule has 0 saturated heterocycles. The smallest absolute Gasteiger partial charge is 0.151 e. The third-order valence-corrected chi connectivity index (χ3v) is 4.09. The molecule has 2 N–H and O–H groups in total. The van der Waals surface area contributed by atoms with Gasteiger partial charge in [0.15, 0.2) is 5.82 Å². The Morgan fingerprint density at radius 3 is 2.76 bits per heavy atom. The van der Waals surface area contributed by atoms with E-state index in [0.717, 1.165) is 23.0 Å². The summed E-state index contributed by atoms with van der Waals surface area (Å²) in [4.78, 5) is 0. The van der Waals surface area contributed by atoms with Crippen LogP contribution in [0.5, 0.6) is 0 Å². The van der Waals surface area contributed by atoms with Crippen molar-refractivity contribution in [2.24, 2.45) is 0 Å². The van der Waals surface area contributed by atoms with E-state index < -0.39 is 17.7 Å². The van der Waals surface area contributed by atoms with E-state index in [1.54, 1.807) is 12.1 Å². The predicted octanol–water partition coefficient (Wildman–Crippen LogP) is 3.18. The number of aromatic nitrogens is 2. The quantitative estimate of drug-likeness (QED) is 0.719. The minimum atomic E-state index is -0.750. The summed E-state index contributed by atoms with van der Waals surface area (Å²) in [6.07, 6.45) is 0.758. The fourth-order valence-electron chi connectivity index (χ4n) is 2.73. The van der Waals surface area contributed by atoms with E-state index in [0.29, 0.717) is 18.8 Å². The van der Waals surface area contributed by atoms with Gasteiger partial charge in [0.2, 0.25) is 0 Å². The number of aliphatic hydroxyl groups excluding tert-OH is 1. The lowest BCUT2D eigenvalue weighted by Crippen LogP contribution is -2.21. The van der Waals surface area contributed by atoms with Crippen LogP contribution in [0.4, 0.5) is 8.78 Å². The SMILES string of the molecule is Cc1nn(-c2ccc(F)cc2F)c(C)c1CNCC(O)c1ccco1. The summed E-state index contributed by atoms with van der Waals surface area (Å²) in [5, 5.41) is 17.5. The molecule has 5 nitrogen and oxygen atoms in total. The van der Waals surface area contributed by atoms with E-state index in [-0.39, 0.29) is 5.69 Å². The van der Waals surface area contributed by atoms with Gasteiger partial charge in [-0.05, 0) is 38.1 Å². The molecule has 2 aromatic heterocycles. The summed E-state index contributed by atoms with van der Waals surface area (Å²) < 4.78 is 33.7. The summed E-state index contributed by atoms with van der Waals surface area (Å²) >= 11 is 0. The van der Waals surface area contributed by atoms with Crippen molar-refractivity contribution in [2.75, 3.05) is 6.54 Å². The second kappa shape index (κ2) is 7.16. The van der Waals surface area contributed by atoms with Crippen molar-refractivity contribution in [2.45, 2.75) is 26.5 Å². The normalized spacial score (nSPS) is 12.5. The zero-order chi connectivity index (χ0) is 18.0. The fourth-order valence-corrected chi connectivity index (χ4v) is 2.73. The molecular formula is C18H19F2N3O2. The Hall–Kier alpha value is -2.51. The number of hydrogen-bond donors (Lipinski definition) is 2. The number of halogens is 2. The molecule has 0 radical (unpaired) electrons. The summed E-state index contributed by atoms with van der Waals surface area (Å²) in [6.45, 7) is 4.41. The van der Waals surface area contributed by atoms with Crippen LogP contribution in [-0.4, -0.2) is 21.4 Å². The Bertz CT molecular complexity index is 860. The molecule has 0 aliphatic carbocycles. The Morgan fingerprint density at radius 1 is 1.28 bits per heavy atom. The van der Waals surface area contributed by atoms with Crippen molar-refractivity contribution in [3.05, 3.63) is 70.9 Å². The number of furan rings is 1. The van der Waals surface area contributed by atoms with Crippen molar-refractivity contribution >= 4 is 0 Å². The van der Waals surface area contributed by atoms with E-state index >= 15 is 0 Å². The standard InChI is InChI=1S/C18H19F2N3O2/c1-11-14(9-21-10-17(24)18-4-3-7-25-18)12(2)23(22-11)16-6-5-13(19)8-15(16)20/h3-8,17,21,24H,9-10H2,1-2H3. The van der Waals surface area contributed by atoms with Gasteiger partial charge in [0.05, 0.1) is 12.0 Å². The first-order chi connectivity index (χ1) is 12.0. The monoisotopic (exact) mass is 347 g/mol. The highest BCUT2D eigenvalue weighted by Crippen LogP contribution is 2.21. The second-order valence-corrected chi connectivity index (χ2v) is 5.82. The summed E-state index contributed by atoms with van der Waals surface area (Å²) in [5.74, 6) is -0.806. The van der Waals surface area contributed by atoms with Crippen molar-refractivity contribution in [3.63, 3.8) is 0 Å². The first-order valence-electron chi connectivity index (χ1n) is 7.90. The third-order valence-electron chi connectivity index (χ3n) is 4.09. The van der Waals surface area contributed by atoms with Crippen molar-refractivity contribution < 1.29 is 18.3 Å². The van der Waals surface area contributed by atoms with Gasteiger partial charge in [-0.3, -0.25) is 0 Å². The summed E-state index contributed by atoms with van der Waals surface area (Å²) in [5.41, 5.74) is 2.59. The van der Waals surface area contributed by atoms with E-state index in [4.69, 9.17) is 4.42 Å². The van der Waals surface area contributed by atoms with Crippen molar-refractivity contribution in [1.29, 1.82) is 0 Å². The average molecular weight is 347 g/mol. The number of nitrogens with zero attached hydrogens (tertiary/aromatic N) is 2. The Morgan fingerprint density at radius 2 is 2.08 bits per heavy atom. The van der Waals surface area contributed by atoms with Crippen LogP contribution in [0.25, 0.3) is 5.69 Å². The molecule has 0 fully saturated rings. The maximum absolute atomic E-state index is 14.0. The Balaban J connectivity index is 1.74. The Labute approximate surface area is 143 Å². The number of aliphatic hydroxyl groups is 1. The molecule has 3 rings (SSSR count). The van der Waals surface area contributed by atoms with Gasteiger partial charge >= 0.3 is 0 Å². The number of rotatable bonds is 6. The van der Waals surface area contributed by atoms with Crippen LogP contribution in [0.1, 0.15) is 28.8 Å². The molecule has 0 aliphatic rings.